The van der Waals surface area contributed by atoms with Crippen LogP contribution in [0.25, 0.3) is 0 Å². The Morgan fingerprint density at radius 2 is 1.92 bits per heavy atom. The normalized spacial score (nSPS) is 18.9. The van der Waals surface area contributed by atoms with Crippen molar-refractivity contribution < 1.29 is 14.4 Å². The maximum Gasteiger partial charge on any atom is 0.315 e. The molecular formula is C17H30N4O3. The van der Waals surface area contributed by atoms with Crippen molar-refractivity contribution in [2.24, 2.45) is 5.92 Å². The summed E-state index contributed by atoms with van der Waals surface area (Å²) in [5.74, 6) is 1.29. The predicted molar refractivity (Wildman–Crippen MR) is 90.4 cm³/mol. The van der Waals surface area contributed by atoms with Crippen LogP contribution in [0.15, 0.2) is 4.52 Å². The third kappa shape index (κ3) is 4.69. The molecule has 2 amide bonds. The van der Waals surface area contributed by atoms with Gasteiger partial charge in [0.25, 0.3) is 0 Å². The van der Waals surface area contributed by atoms with Crippen LogP contribution in [0.2, 0.25) is 0 Å². The van der Waals surface area contributed by atoms with Crippen molar-refractivity contribution in [2.45, 2.75) is 77.3 Å². The number of hydrogen-bond acceptors (Lipinski definition) is 5. The molecule has 1 unspecified atom stereocenters. The lowest BCUT2D eigenvalue weighted by molar-refractivity contribution is 0.101. The minimum Gasteiger partial charge on any atom is -0.394 e. The molecule has 0 aromatic carbocycles. The van der Waals surface area contributed by atoms with Gasteiger partial charge in [-0.2, -0.15) is 4.98 Å². The first-order chi connectivity index (χ1) is 11.2. The standard InChI is InChI=1S/C17H30N4O3/c1-16(2,3)14-19-13(21-24-14)10-18-15(23)20-17(4,11-22)12-8-6-5-7-9-12/h12,22H,5-11H2,1-4H3,(H2,18,20,23). The van der Waals surface area contributed by atoms with Gasteiger partial charge in [0, 0.05) is 5.41 Å². The molecule has 7 nitrogen and oxygen atoms in total. The smallest absolute Gasteiger partial charge is 0.315 e. The first kappa shape index (κ1) is 18.7. The Hall–Kier alpha value is -1.63. The number of nitrogens with one attached hydrogen (secondary N) is 2. The van der Waals surface area contributed by atoms with Crippen molar-refractivity contribution >= 4 is 6.03 Å². The number of aliphatic hydroxyl groups excluding tert-OH is 1. The highest BCUT2D eigenvalue weighted by molar-refractivity contribution is 5.74. The van der Waals surface area contributed by atoms with E-state index >= 15 is 0 Å². The van der Waals surface area contributed by atoms with Crippen molar-refractivity contribution in [3.8, 4) is 0 Å². The molecule has 0 radical (unpaired) electrons. The molecule has 1 heterocycles. The number of aromatic nitrogens is 2. The van der Waals surface area contributed by atoms with Crippen LogP contribution < -0.4 is 10.6 Å². The van der Waals surface area contributed by atoms with Gasteiger partial charge in [-0.15, -0.1) is 0 Å². The van der Waals surface area contributed by atoms with Crippen LogP contribution >= 0.6 is 0 Å². The molecule has 1 aliphatic rings. The summed E-state index contributed by atoms with van der Waals surface area (Å²) in [5.41, 5.74) is -0.817. The predicted octanol–water partition coefficient (Wildman–Crippen LogP) is 2.50. The van der Waals surface area contributed by atoms with E-state index in [1.165, 1.54) is 6.42 Å². The van der Waals surface area contributed by atoms with E-state index in [-0.39, 0.29) is 24.6 Å². The molecule has 1 aromatic heterocycles. The molecule has 1 saturated carbocycles. The minimum atomic E-state index is -0.599. The number of amides is 2. The zero-order valence-electron chi connectivity index (χ0n) is 15.2. The van der Waals surface area contributed by atoms with E-state index in [0.29, 0.717) is 17.6 Å². The van der Waals surface area contributed by atoms with E-state index in [4.69, 9.17) is 4.52 Å². The summed E-state index contributed by atoms with van der Waals surface area (Å²) >= 11 is 0. The summed E-state index contributed by atoms with van der Waals surface area (Å²) in [4.78, 5) is 16.5. The highest BCUT2D eigenvalue weighted by Gasteiger charge is 2.35. The molecule has 24 heavy (non-hydrogen) atoms. The van der Waals surface area contributed by atoms with Gasteiger partial charge in [-0.05, 0) is 25.7 Å². The number of hydrogen-bond donors (Lipinski definition) is 3. The van der Waals surface area contributed by atoms with E-state index in [2.05, 4.69) is 20.8 Å². The Morgan fingerprint density at radius 1 is 1.25 bits per heavy atom. The number of carbonyl (C=O) groups is 1. The van der Waals surface area contributed by atoms with E-state index in [9.17, 15) is 9.90 Å². The highest BCUT2D eigenvalue weighted by Crippen LogP contribution is 2.32. The molecule has 1 fully saturated rings. The number of nitrogens with zero attached hydrogens (tertiary/aromatic N) is 2. The number of urea groups is 1. The van der Waals surface area contributed by atoms with Crippen LogP contribution in [-0.2, 0) is 12.0 Å². The molecule has 136 valence electrons. The lowest BCUT2D eigenvalue weighted by atomic mass is 9.76. The Bertz CT molecular complexity index is 546. The van der Waals surface area contributed by atoms with Crippen LogP contribution in [0.3, 0.4) is 0 Å². The minimum absolute atomic E-state index is 0.0680. The molecule has 0 saturated heterocycles. The molecule has 3 N–H and O–H groups in total. The van der Waals surface area contributed by atoms with E-state index < -0.39 is 5.54 Å². The van der Waals surface area contributed by atoms with E-state index in [0.717, 1.165) is 25.7 Å². The van der Waals surface area contributed by atoms with Gasteiger partial charge in [-0.1, -0.05) is 45.2 Å². The Balaban J connectivity index is 1.88. The summed E-state index contributed by atoms with van der Waals surface area (Å²) < 4.78 is 5.21. The maximum absolute atomic E-state index is 12.2. The first-order valence-electron chi connectivity index (χ1n) is 8.74. The van der Waals surface area contributed by atoms with Gasteiger partial charge in [0.1, 0.15) is 0 Å². The molecular weight excluding hydrogens is 308 g/mol. The van der Waals surface area contributed by atoms with Crippen molar-refractivity contribution in [2.75, 3.05) is 6.61 Å². The first-order valence-corrected chi connectivity index (χ1v) is 8.74. The SMILES string of the molecule is CC(C)(C)c1nc(CNC(=O)NC(C)(CO)C2CCCCC2)no1. The zero-order chi connectivity index (χ0) is 17.8. The fourth-order valence-electron chi connectivity index (χ4n) is 3.10. The second kappa shape index (κ2) is 7.51. The van der Waals surface area contributed by atoms with Gasteiger partial charge in [0.15, 0.2) is 5.82 Å². The summed E-state index contributed by atoms with van der Waals surface area (Å²) in [5, 5.41) is 19.3. The van der Waals surface area contributed by atoms with Crippen molar-refractivity contribution in [3.63, 3.8) is 0 Å². The van der Waals surface area contributed by atoms with Crippen molar-refractivity contribution in [3.05, 3.63) is 11.7 Å². The van der Waals surface area contributed by atoms with Crippen LogP contribution in [-0.4, -0.2) is 33.4 Å². The highest BCUT2D eigenvalue weighted by atomic mass is 16.5. The molecule has 0 spiro atoms. The average molecular weight is 338 g/mol. The van der Waals surface area contributed by atoms with Gasteiger partial charge >= 0.3 is 6.03 Å². The summed E-state index contributed by atoms with van der Waals surface area (Å²) in [6, 6.07) is -0.320. The lowest BCUT2D eigenvalue weighted by Crippen LogP contribution is -2.57. The summed E-state index contributed by atoms with van der Waals surface area (Å²) in [6.07, 6.45) is 5.62. The molecule has 2 rings (SSSR count). The Morgan fingerprint density at radius 3 is 2.46 bits per heavy atom. The summed E-state index contributed by atoms with van der Waals surface area (Å²) in [7, 11) is 0. The molecule has 1 aliphatic carbocycles. The third-order valence-corrected chi connectivity index (χ3v) is 4.75. The van der Waals surface area contributed by atoms with E-state index in [1.807, 2.05) is 27.7 Å². The van der Waals surface area contributed by atoms with Crippen molar-refractivity contribution in [1.82, 2.24) is 20.8 Å². The quantitative estimate of drug-likeness (QED) is 0.766. The lowest BCUT2D eigenvalue weighted by Gasteiger charge is -2.39. The van der Waals surface area contributed by atoms with Gasteiger partial charge in [-0.25, -0.2) is 4.79 Å². The molecule has 1 aromatic rings. The number of carbonyl (C=O) groups excluding carboxylic acids is 1. The van der Waals surface area contributed by atoms with Gasteiger partial charge < -0.3 is 20.3 Å². The van der Waals surface area contributed by atoms with Crippen LogP contribution in [0.1, 0.15) is 71.5 Å². The molecule has 0 aliphatic heterocycles. The second-order valence-corrected chi connectivity index (χ2v) is 7.98. The third-order valence-electron chi connectivity index (χ3n) is 4.75. The molecule has 7 heteroatoms. The Labute approximate surface area is 143 Å². The van der Waals surface area contributed by atoms with Gasteiger partial charge in [0.2, 0.25) is 5.89 Å². The number of aliphatic hydroxyl groups is 1. The largest absolute Gasteiger partial charge is 0.394 e. The topological polar surface area (TPSA) is 100 Å². The van der Waals surface area contributed by atoms with Crippen LogP contribution in [0.5, 0.6) is 0 Å². The average Bonchev–Trinajstić information content (AvgIpc) is 3.03. The fourth-order valence-corrected chi connectivity index (χ4v) is 3.10. The van der Waals surface area contributed by atoms with Gasteiger partial charge in [-0.3, -0.25) is 0 Å². The number of rotatable bonds is 5. The van der Waals surface area contributed by atoms with Crippen LogP contribution in [0, 0.1) is 5.92 Å². The monoisotopic (exact) mass is 338 g/mol. The molecule has 0 bridgehead atoms. The maximum atomic E-state index is 12.2. The summed E-state index contributed by atoms with van der Waals surface area (Å²) in [6.45, 7) is 8.00. The second-order valence-electron chi connectivity index (χ2n) is 7.98. The van der Waals surface area contributed by atoms with Crippen LogP contribution in [0.4, 0.5) is 4.79 Å². The fraction of sp³-hybridized carbons (Fsp3) is 0.824. The zero-order valence-corrected chi connectivity index (χ0v) is 15.2. The molecule has 1 atom stereocenters. The van der Waals surface area contributed by atoms with Crippen molar-refractivity contribution in [1.29, 1.82) is 0 Å². The van der Waals surface area contributed by atoms with E-state index in [1.54, 1.807) is 0 Å². The van der Waals surface area contributed by atoms with Gasteiger partial charge in [0.05, 0.1) is 18.7 Å². The Kier molecular flexibility index (Phi) is 5.85.